The fraction of sp³-hybridized carbons (Fsp3) is 0.438. The van der Waals surface area contributed by atoms with Gasteiger partial charge >= 0.3 is 5.97 Å². The molecule has 7 heteroatoms. The third-order valence-electron chi connectivity index (χ3n) is 9.25. The highest BCUT2D eigenvalue weighted by Gasteiger charge is 2.65. The number of ether oxygens (including phenoxy) is 2. The summed E-state index contributed by atoms with van der Waals surface area (Å²) in [7, 11) is 0. The molecule has 202 valence electrons. The lowest BCUT2D eigenvalue weighted by Gasteiger charge is -2.36. The van der Waals surface area contributed by atoms with Crippen LogP contribution in [0.15, 0.2) is 54.6 Å². The first-order valence-corrected chi connectivity index (χ1v) is 14.1. The molecule has 2 aromatic carbocycles. The number of piperidine rings is 1. The molecule has 0 amide bonds. The first kappa shape index (κ1) is 24.6. The first-order valence-electron chi connectivity index (χ1n) is 14.1. The molecule has 1 saturated carbocycles. The molecule has 0 radical (unpaired) electrons. The van der Waals surface area contributed by atoms with Gasteiger partial charge in [0.25, 0.3) is 0 Å². The standard InChI is InChI=1S/C32H35N3O4/c1-21-4-2-5-27(28-6-3-7-29(33-28)35-16-25-15-32(25,20-35)31(36)37)30(21)39-17-22-8-9-23-10-12-34(26-18-38-19-26)13-11-24(23)14-22/h2-9,14,25-26H,10-13,15-20H2,1H3,(H,36,37)/t25?,32-/m0/s1. The number of carboxylic acids is 1. The molecule has 1 N–H and O–H groups in total. The largest absolute Gasteiger partial charge is 0.488 e. The number of fused-ring (bicyclic) bond motifs is 2. The molecule has 0 spiro atoms. The SMILES string of the molecule is Cc1cccc(-c2cccc(N3CC4C[C@]4(C(=O)O)C3)n2)c1OCc1ccc2c(c1)CCN(C1COC1)CC2. The van der Waals surface area contributed by atoms with Crippen LogP contribution < -0.4 is 9.64 Å². The van der Waals surface area contributed by atoms with Gasteiger partial charge < -0.3 is 19.5 Å². The van der Waals surface area contributed by atoms with E-state index in [0.717, 1.165) is 80.5 Å². The van der Waals surface area contributed by atoms with Gasteiger partial charge in [-0.3, -0.25) is 9.69 Å². The van der Waals surface area contributed by atoms with Crippen LogP contribution in [0.5, 0.6) is 5.75 Å². The molecule has 4 aliphatic rings. The molecule has 3 aliphatic heterocycles. The molecule has 1 unspecified atom stereocenters. The fourth-order valence-corrected chi connectivity index (χ4v) is 6.62. The number of aromatic nitrogens is 1. The van der Waals surface area contributed by atoms with Gasteiger partial charge in [-0.25, -0.2) is 4.98 Å². The zero-order chi connectivity index (χ0) is 26.6. The molecule has 7 nitrogen and oxygen atoms in total. The van der Waals surface area contributed by atoms with Crippen molar-refractivity contribution in [2.24, 2.45) is 11.3 Å². The number of nitrogens with zero attached hydrogens (tertiary/aromatic N) is 3. The third-order valence-corrected chi connectivity index (χ3v) is 9.25. The summed E-state index contributed by atoms with van der Waals surface area (Å²) >= 11 is 0. The molecule has 39 heavy (non-hydrogen) atoms. The molecule has 7 rings (SSSR count). The number of para-hydroxylation sites is 1. The molecule has 2 atom stereocenters. The van der Waals surface area contributed by atoms with Crippen molar-refractivity contribution in [1.29, 1.82) is 0 Å². The number of anilines is 1. The molecule has 4 heterocycles. The number of aliphatic carboxylic acids is 1. The second-order valence-corrected chi connectivity index (χ2v) is 11.7. The number of hydrogen-bond donors (Lipinski definition) is 1. The summed E-state index contributed by atoms with van der Waals surface area (Å²) in [5.41, 5.74) is 6.36. The zero-order valence-corrected chi connectivity index (χ0v) is 22.4. The van der Waals surface area contributed by atoms with E-state index in [4.69, 9.17) is 14.5 Å². The van der Waals surface area contributed by atoms with Crippen molar-refractivity contribution < 1.29 is 19.4 Å². The number of benzene rings is 2. The molecule has 3 aromatic rings. The Morgan fingerprint density at radius 3 is 2.69 bits per heavy atom. The van der Waals surface area contributed by atoms with Crippen molar-refractivity contribution in [2.45, 2.75) is 38.8 Å². The van der Waals surface area contributed by atoms with Crippen LogP contribution in [0, 0.1) is 18.3 Å². The monoisotopic (exact) mass is 525 g/mol. The average molecular weight is 526 g/mol. The van der Waals surface area contributed by atoms with Crippen LogP contribution in [0.25, 0.3) is 11.3 Å². The lowest BCUT2D eigenvalue weighted by Crippen LogP contribution is -2.49. The maximum absolute atomic E-state index is 11.8. The molecule has 3 fully saturated rings. The Labute approximate surface area is 229 Å². The fourth-order valence-electron chi connectivity index (χ4n) is 6.62. The number of carboxylic acid groups (broad SMARTS) is 1. The minimum atomic E-state index is -0.677. The topological polar surface area (TPSA) is 75.1 Å². The predicted molar refractivity (Wildman–Crippen MR) is 149 cm³/mol. The van der Waals surface area contributed by atoms with E-state index in [1.807, 2.05) is 24.3 Å². The summed E-state index contributed by atoms with van der Waals surface area (Å²) < 4.78 is 11.9. The van der Waals surface area contributed by atoms with Crippen molar-refractivity contribution in [3.8, 4) is 17.0 Å². The van der Waals surface area contributed by atoms with Crippen LogP contribution in [0.3, 0.4) is 0 Å². The van der Waals surface area contributed by atoms with Gasteiger partial charge in [-0.05, 0) is 72.6 Å². The Balaban J connectivity index is 1.08. The molecular weight excluding hydrogens is 490 g/mol. The Hall–Kier alpha value is -3.42. The van der Waals surface area contributed by atoms with E-state index in [1.54, 1.807) is 0 Å². The van der Waals surface area contributed by atoms with Crippen molar-refractivity contribution in [2.75, 3.05) is 44.3 Å². The average Bonchev–Trinajstić information content (AvgIpc) is 3.55. The van der Waals surface area contributed by atoms with Gasteiger partial charge in [0, 0.05) is 31.7 Å². The highest BCUT2D eigenvalue weighted by atomic mass is 16.5. The summed E-state index contributed by atoms with van der Waals surface area (Å²) in [6.45, 7) is 7.78. The van der Waals surface area contributed by atoms with Crippen LogP contribution in [0.1, 0.15) is 28.7 Å². The lowest BCUT2D eigenvalue weighted by atomic mass is 10.0. The van der Waals surface area contributed by atoms with Crippen LogP contribution in [-0.4, -0.2) is 66.4 Å². The predicted octanol–water partition coefficient (Wildman–Crippen LogP) is 4.35. The van der Waals surface area contributed by atoms with E-state index in [-0.39, 0.29) is 5.92 Å². The summed E-state index contributed by atoms with van der Waals surface area (Å²) in [6, 6.07) is 19.6. The van der Waals surface area contributed by atoms with Crippen LogP contribution in [0.4, 0.5) is 5.82 Å². The number of hydrogen-bond acceptors (Lipinski definition) is 6. The highest BCUT2D eigenvalue weighted by Crippen LogP contribution is 2.58. The second-order valence-electron chi connectivity index (χ2n) is 11.7. The summed E-state index contributed by atoms with van der Waals surface area (Å²) in [5.74, 6) is 1.23. The van der Waals surface area contributed by atoms with E-state index in [0.29, 0.717) is 19.2 Å². The molecule has 1 aliphatic carbocycles. The van der Waals surface area contributed by atoms with Crippen LogP contribution in [-0.2, 0) is 29.0 Å². The first-order chi connectivity index (χ1) is 19.0. The van der Waals surface area contributed by atoms with E-state index < -0.39 is 11.4 Å². The molecule has 1 aromatic heterocycles. The van der Waals surface area contributed by atoms with Crippen LogP contribution in [0.2, 0.25) is 0 Å². The maximum atomic E-state index is 11.8. The minimum Gasteiger partial charge on any atom is -0.488 e. The summed E-state index contributed by atoms with van der Waals surface area (Å²) in [5, 5.41) is 9.69. The summed E-state index contributed by atoms with van der Waals surface area (Å²) in [6.07, 6.45) is 2.93. The quantitative estimate of drug-likeness (QED) is 0.492. The molecule has 2 saturated heterocycles. The second kappa shape index (κ2) is 9.65. The van der Waals surface area contributed by atoms with Gasteiger partial charge in [0.05, 0.1) is 30.4 Å². The number of aryl methyl sites for hydroxylation is 1. The van der Waals surface area contributed by atoms with Gasteiger partial charge in [0.1, 0.15) is 18.2 Å². The third kappa shape index (κ3) is 4.47. The number of rotatable bonds is 7. The Morgan fingerprint density at radius 1 is 1.10 bits per heavy atom. The smallest absolute Gasteiger partial charge is 0.311 e. The van der Waals surface area contributed by atoms with Crippen molar-refractivity contribution >= 4 is 11.8 Å². The van der Waals surface area contributed by atoms with Crippen molar-refractivity contribution in [3.05, 3.63) is 76.9 Å². The Morgan fingerprint density at radius 2 is 1.92 bits per heavy atom. The van der Waals surface area contributed by atoms with Crippen molar-refractivity contribution in [3.63, 3.8) is 0 Å². The normalized spacial score (nSPS) is 24.4. The van der Waals surface area contributed by atoms with Gasteiger partial charge in [-0.1, -0.05) is 36.4 Å². The van der Waals surface area contributed by atoms with E-state index in [9.17, 15) is 9.90 Å². The Bertz CT molecular complexity index is 1420. The van der Waals surface area contributed by atoms with E-state index >= 15 is 0 Å². The molecular formula is C32H35N3O4. The van der Waals surface area contributed by atoms with Gasteiger partial charge in [-0.2, -0.15) is 0 Å². The van der Waals surface area contributed by atoms with E-state index in [1.165, 1.54) is 16.7 Å². The number of pyridine rings is 1. The zero-order valence-electron chi connectivity index (χ0n) is 22.4. The van der Waals surface area contributed by atoms with Gasteiger partial charge in [0.2, 0.25) is 0 Å². The summed E-state index contributed by atoms with van der Waals surface area (Å²) in [4.78, 5) is 21.4. The van der Waals surface area contributed by atoms with Crippen molar-refractivity contribution in [1.82, 2.24) is 9.88 Å². The lowest BCUT2D eigenvalue weighted by molar-refractivity contribution is -0.143. The van der Waals surface area contributed by atoms with Crippen LogP contribution >= 0.6 is 0 Å². The number of carbonyl (C=O) groups is 1. The molecule has 0 bridgehead atoms. The Kier molecular flexibility index (Phi) is 6.09. The highest BCUT2D eigenvalue weighted by molar-refractivity contribution is 5.81. The minimum absolute atomic E-state index is 0.231. The van der Waals surface area contributed by atoms with Gasteiger partial charge in [-0.15, -0.1) is 0 Å². The van der Waals surface area contributed by atoms with Gasteiger partial charge in [0.15, 0.2) is 0 Å². The van der Waals surface area contributed by atoms with E-state index in [2.05, 4.69) is 47.1 Å². The maximum Gasteiger partial charge on any atom is 0.311 e.